The summed E-state index contributed by atoms with van der Waals surface area (Å²) >= 11 is 0. The third-order valence-electron chi connectivity index (χ3n) is 4.92. The van der Waals surface area contributed by atoms with Gasteiger partial charge in [0.2, 0.25) is 5.75 Å². The van der Waals surface area contributed by atoms with E-state index in [4.69, 9.17) is 18.9 Å². The Kier molecular flexibility index (Phi) is 8.12. The number of hydrazone groups is 1. The largest absolute Gasteiger partial charge is 0.504 e. The molecule has 0 unspecified atom stereocenters. The molecular weight excluding hydrogens is 454 g/mol. The molecule has 0 bridgehead atoms. The molecule has 3 N–H and O–H groups in total. The molecule has 10 heteroatoms. The summed E-state index contributed by atoms with van der Waals surface area (Å²) in [7, 11) is 5.85. The first-order chi connectivity index (χ1) is 16.9. The third-order valence-corrected chi connectivity index (χ3v) is 4.92. The highest BCUT2D eigenvalue weighted by molar-refractivity contribution is 6.05. The maximum Gasteiger partial charge on any atom is 0.271 e. The van der Waals surface area contributed by atoms with Gasteiger partial charge in [0.15, 0.2) is 23.0 Å². The van der Waals surface area contributed by atoms with Crippen LogP contribution < -0.4 is 29.7 Å². The molecule has 0 saturated heterocycles. The van der Waals surface area contributed by atoms with Crippen molar-refractivity contribution in [2.75, 3.05) is 33.8 Å². The maximum atomic E-state index is 12.7. The van der Waals surface area contributed by atoms with Gasteiger partial charge in [-0.05, 0) is 60.2 Å². The minimum absolute atomic E-state index is 0.00568. The first-order valence-electron chi connectivity index (χ1n) is 10.3. The monoisotopic (exact) mass is 479 g/mol. The lowest BCUT2D eigenvalue weighted by molar-refractivity contribution is 0.0954. The number of amides is 2. The molecule has 0 saturated carbocycles. The second-order valence-corrected chi connectivity index (χ2v) is 7.08. The molecule has 3 rings (SSSR count). The summed E-state index contributed by atoms with van der Waals surface area (Å²) in [6.07, 6.45) is 1.42. The minimum Gasteiger partial charge on any atom is -0.504 e. The van der Waals surface area contributed by atoms with Crippen LogP contribution in [0.3, 0.4) is 0 Å². The quantitative estimate of drug-likeness (QED) is 0.317. The Labute approximate surface area is 202 Å². The molecule has 2 amide bonds. The standard InChI is InChI=1S/C25H25N3O7/c1-32-20-11-15(5-10-19(20)29)14-26-28-25(31)16-6-8-18(9-7-16)27-24(30)17-12-21(33-2)23(35-4)22(13-17)34-3/h5-14,29H,1-4H3,(H,27,30)(H,28,31)/b26-14+. The van der Waals surface area contributed by atoms with Crippen LogP contribution in [0.5, 0.6) is 28.7 Å². The van der Waals surface area contributed by atoms with Crippen LogP contribution in [0, 0.1) is 0 Å². The van der Waals surface area contributed by atoms with E-state index in [1.54, 1.807) is 48.5 Å². The van der Waals surface area contributed by atoms with Gasteiger partial charge in [0.25, 0.3) is 11.8 Å². The van der Waals surface area contributed by atoms with Gasteiger partial charge in [0.1, 0.15) is 0 Å². The highest BCUT2D eigenvalue weighted by atomic mass is 16.5. The Morgan fingerprint density at radius 2 is 1.40 bits per heavy atom. The van der Waals surface area contributed by atoms with Gasteiger partial charge in [-0.3, -0.25) is 9.59 Å². The average molecular weight is 479 g/mol. The average Bonchev–Trinajstić information content (AvgIpc) is 2.88. The number of hydrogen-bond donors (Lipinski definition) is 3. The first kappa shape index (κ1) is 24.9. The van der Waals surface area contributed by atoms with Crippen molar-refractivity contribution in [3.05, 3.63) is 71.3 Å². The number of rotatable bonds is 9. The zero-order valence-electron chi connectivity index (χ0n) is 19.6. The van der Waals surface area contributed by atoms with E-state index in [0.29, 0.717) is 45.4 Å². The number of methoxy groups -OCH3 is 4. The van der Waals surface area contributed by atoms with E-state index >= 15 is 0 Å². The number of carbonyl (C=O) groups excluding carboxylic acids is 2. The van der Waals surface area contributed by atoms with E-state index in [2.05, 4.69) is 15.8 Å². The number of phenolic OH excluding ortho intramolecular Hbond substituents is 1. The summed E-state index contributed by atoms with van der Waals surface area (Å²) in [4.78, 5) is 25.1. The first-order valence-corrected chi connectivity index (χ1v) is 10.3. The minimum atomic E-state index is -0.436. The molecule has 0 fully saturated rings. The molecule has 0 heterocycles. The van der Waals surface area contributed by atoms with Crippen molar-refractivity contribution in [2.24, 2.45) is 5.10 Å². The van der Waals surface area contributed by atoms with E-state index in [9.17, 15) is 14.7 Å². The van der Waals surface area contributed by atoms with Crippen LogP contribution in [-0.4, -0.2) is 51.6 Å². The van der Waals surface area contributed by atoms with Crippen LogP contribution in [0.4, 0.5) is 5.69 Å². The van der Waals surface area contributed by atoms with E-state index in [-0.39, 0.29) is 5.75 Å². The van der Waals surface area contributed by atoms with Crippen LogP contribution in [-0.2, 0) is 0 Å². The normalized spacial score (nSPS) is 10.5. The lowest BCUT2D eigenvalue weighted by Gasteiger charge is -2.14. The van der Waals surface area contributed by atoms with Crippen molar-refractivity contribution in [1.29, 1.82) is 0 Å². The molecule has 0 aliphatic rings. The van der Waals surface area contributed by atoms with Gasteiger partial charge < -0.3 is 29.4 Å². The summed E-state index contributed by atoms with van der Waals surface area (Å²) in [6.45, 7) is 0. The highest BCUT2D eigenvalue weighted by Crippen LogP contribution is 2.38. The molecule has 35 heavy (non-hydrogen) atoms. The number of nitrogens with zero attached hydrogens (tertiary/aromatic N) is 1. The fourth-order valence-corrected chi connectivity index (χ4v) is 3.12. The molecule has 0 aromatic heterocycles. The SMILES string of the molecule is COc1cc(/C=N/NC(=O)c2ccc(NC(=O)c3cc(OC)c(OC)c(OC)c3)cc2)ccc1O. The Bertz CT molecular complexity index is 1220. The summed E-state index contributed by atoms with van der Waals surface area (Å²) in [5, 5.41) is 16.3. The number of benzene rings is 3. The Morgan fingerprint density at radius 1 is 0.771 bits per heavy atom. The van der Waals surface area contributed by atoms with Crippen molar-refractivity contribution in [1.82, 2.24) is 5.43 Å². The Morgan fingerprint density at radius 3 is 1.97 bits per heavy atom. The van der Waals surface area contributed by atoms with Crippen molar-refractivity contribution >= 4 is 23.7 Å². The number of aromatic hydroxyl groups is 1. The highest BCUT2D eigenvalue weighted by Gasteiger charge is 2.17. The third kappa shape index (κ3) is 5.99. The zero-order chi connectivity index (χ0) is 25.4. The summed E-state index contributed by atoms with van der Waals surface area (Å²) < 4.78 is 20.9. The molecule has 0 aliphatic heterocycles. The van der Waals surface area contributed by atoms with Crippen molar-refractivity contribution in [2.45, 2.75) is 0 Å². The van der Waals surface area contributed by atoms with Crippen LogP contribution in [0.15, 0.2) is 59.7 Å². The van der Waals surface area contributed by atoms with Crippen molar-refractivity contribution in [3.8, 4) is 28.7 Å². The molecule has 0 atom stereocenters. The van der Waals surface area contributed by atoms with Gasteiger partial charge in [-0.1, -0.05) is 0 Å². The van der Waals surface area contributed by atoms with Crippen LogP contribution in [0.2, 0.25) is 0 Å². The number of carbonyl (C=O) groups is 2. The molecule has 0 radical (unpaired) electrons. The van der Waals surface area contributed by atoms with E-state index in [1.165, 1.54) is 40.7 Å². The molecule has 10 nitrogen and oxygen atoms in total. The van der Waals surface area contributed by atoms with Crippen molar-refractivity contribution < 1.29 is 33.6 Å². The number of phenols is 1. The summed E-state index contributed by atoms with van der Waals surface area (Å²) in [5.74, 6) is 0.570. The topological polar surface area (TPSA) is 128 Å². The Hall–Kier alpha value is -4.73. The lowest BCUT2D eigenvalue weighted by atomic mass is 10.1. The lowest BCUT2D eigenvalue weighted by Crippen LogP contribution is -2.18. The summed E-state index contributed by atoms with van der Waals surface area (Å²) in [6, 6.07) is 14.1. The molecule has 3 aromatic rings. The molecule has 0 spiro atoms. The van der Waals surface area contributed by atoms with Crippen LogP contribution >= 0.6 is 0 Å². The summed E-state index contributed by atoms with van der Waals surface area (Å²) in [5.41, 5.74) is 4.19. The predicted octanol–water partition coefficient (Wildman–Crippen LogP) is 3.44. The number of anilines is 1. The van der Waals surface area contributed by atoms with E-state index in [0.717, 1.165) is 0 Å². The van der Waals surface area contributed by atoms with Gasteiger partial charge in [0.05, 0.1) is 34.7 Å². The number of ether oxygens (including phenoxy) is 4. The van der Waals surface area contributed by atoms with Crippen molar-refractivity contribution in [3.63, 3.8) is 0 Å². The van der Waals surface area contributed by atoms with Gasteiger partial charge in [-0.2, -0.15) is 5.10 Å². The van der Waals surface area contributed by atoms with Gasteiger partial charge in [-0.25, -0.2) is 5.43 Å². The molecule has 3 aromatic carbocycles. The number of nitrogens with one attached hydrogen (secondary N) is 2. The predicted molar refractivity (Wildman–Crippen MR) is 130 cm³/mol. The van der Waals surface area contributed by atoms with Gasteiger partial charge in [-0.15, -0.1) is 0 Å². The fourth-order valence-electron chi connectivity index (χ4n) is 3.12. The molecular formula is C25H25N3O7. The van der Waals surface area contributed by atoms with Gasteiger partial charge in [0, 0.05) is 16.8 Å². The van der Waals surface area contributed by atoms with E-state index < -0.39 is 11.8 Å². The van der Waals surface area contributed by atoms with Crippen LogP contribution in [0.1, 0.15) is 26.3 Å². The fraction of sp³-hybridized carbons (Fsp3) is 0.160. The zero-order valence-corrected chi connectivity index (χ0v) is 19.6. The van der Waals surface area contributed by atoms with Crippen LogP contribution in [0.25, 0.3) is 0 Å². The second-order valence-electron chi connectivity index (χ2n) is 7.08. The number of hydrogen-bond acceptors (Lipinski definition) is 8. The van der Waals surface area contributed by atoms with Gasteiger partial charge >= 0.3 is 0 Å². The smallest absolute Gasteiger partial charge is 0.271 e. The molecule has 0 aliphatic carbocycles. The van der Waals surface area contributed by atoms with E-state index in [1.807, 2.05) is 0 Å². The maximum absolute atomic E-state index is 12.7. The Balaban J connectivity index is 1.64. The molecule has 182 valence electrons. The second kappa shape index (κ2) is 11.4.